The monoisotopic (exact) mass is 696 g/mol. The van der Waals surface area contributed by atoms with Crippen molar-refractivity contribution in [3.05, 3.63) is 156 Å². The molecule has 4 aromatic rings. The molecule has 0 saturated carbocycles. The zero-order valence-corrected chi connectivity index (χ0v) is 30.8. The van der Waals surface area contributed by atoms with E-state index in [4.69, 9.17) is 15.2 Å². The molecule has 2 N–H and O–H groups in total. The van der Waals surface area contributed by atoms with Crippen LogP contribution < -0.4 is 10.5 Å². The zero-order valence-electron chi connectivity index (χ0n) is 30.8. The highest BCUT2D eigenvalue weighted by Gasteiger charge is 2.61. The third-order valence-corrected chi connectivity index (χ3v) is 12.8. The van der Waals surface area contributed by atoms with Crippen molar-refractivity contribution in [2.24, 2.45) is 23.5 Å². The average Bonchev–Trinajstić information content (AvgIpc) is 3.53. The number of ether oxygens (including phenoxy) is 2. The molecule has 6 atom stereocenters. The summed E-state index contributed by atoms with van der Waals surface area (Å²) in [5.41, 5.74) is 17.0. The van der Waals surface area contributed by atoms with Crippen molar-refractivity contribution >= 4 is 38.8 Å². The van der Waals surface area contributed by atoms with E-state index in [0.717, 1.165) is 54.9 Å². The van der Waals surface area contributed by atoms with Gasteiger partial charge in [-0.2, -0.15) is 0 Å². The van der Waals surface area contributed by atoms with Crippen LogP contribution in [0, 0.1) is 17.8 Å². The third-order valence-electron chi connectivity index (χ3n) is 12.8. The molecular formula is C49H48N2O2. The number of nitrogens with two attached hydrogens (primary N) is 1. The van der Waals surface area contributed by atoms with E-state index in [1.807, 2.05) is 25.2 Å². The van der Waals surface area contributed by atoms with E-state index in [0.29, 0.717) is 5.92 Å². The maximum Gasteiger partial charge on any atom is 0.125 e. The summed E-state index contributed by atoms with van der Waals surface area (Å²) >= 11 is 0. The molecule has 53 heavy (non-hydrogen) atoms. The molecule has 1 fully saturated rings. The molecule has 2 aliphatic heterocycles. The van der Waals surface area contributed by atoms with Crippen LogP contribution in [0.4, 0.5) is 0 Å². The van der Waals surface area contributed by atoms with E-state index < -0.39 is 0 Å². The number of allylic oxidation sites excluding steroid dienone is 11. The predicted octanol–water partition coefficient (Wildman–Crippen LogP) is 11.6. The quantitative estimate of drug-likeness (QED) is 0.171. The molecule has 6 aliphatic rings. The van der Waals surface area contributed by atoms with Crippen LogP contribution in [-0.4, -0.2) is 16.8 Å². The number of hydrogen-bond donors (Lipinski definition) is 1. The van der Waals surface area contributed by atoms with Gasteiger partial charge in [0.1, 0.15) is 23.7 Å². The van der Waals surface area contributed by atoms with Crippen LogP contribution >= 0.6 is 0 Å². The van der Waals surface area contributed by atoms with Crippen LogP contribution in [0.1, 0.15) is 75.5 Å². The number of aromatic nitrogens is 1. The molecule has 266 valence electrons. The van der Waals surface area contributed by atoms with Gasteiger partial charge in [-0.15, -0.1) is 0 Å². The summed E-state index contributed by atoms with van der Waals surface area (Å²) in [5, 5.41) is 2.63. The second kappa shape index (κ2) is 12.7. The average molecular weight is 697 g/mol. The molecule has 4 aliphatic carbocycles. The Balaban J connectivity index is 1.18. The van der Waals surface area contributed by atoms with Crippen LogP contribution in [0.25, 0.3) is 38.8 Å². The van der Waals surface area contributed by atoms with Crippen LogP contribution in [0.5, 0.6) is 5.75 Å². The number of benzene rings is 3. The maximum absolute atomic E-state index is 7.08. The Morgan fingerprint density at radius 1 is 0.868 bits per heavy atom. The number of rotatable bonds is 4. The van der Waals surface area contributed by atoms with Gasteiger partial charge in [0.05, 0.1) is 11.0 Å². The standard InChI is InChI=1S/C49H48N2O2/c1-3-4-16-42(50)34-21-25-40-48(30-34)53-46-26-22-32(28-41(46)49(40)38-15-9-11-18-45(38)52-47-27-31(2)19-24-39(47)49)33-20-23-37-36-14-8-10-17-43(36)51(44(37)29-33)35-12-6-5-7-13-35/h3-4,8,10,12,14-26,28-31,39,41,46-47H,5-7,9,11,13,27,50H2,1-2H3/b4-3-,42-16-. The van der Waals surface area contributed by atoms with E-state index in [2.05, 4.69) is 121 Å². The predicted molar refractivity (Wildman–Crippen MR) is 219 cm³/mol. The lowest BCUT2D eigenvalue weighted by Gasteiger charge is -2.58. The van der Waals surface area contributed by atoms with Gasteiger partial charge in [0.25, 0.3) is 0 Å². The molecule has 0 bridgehead atoms. The van der Waals surface area contributed by atoms with Crippen LogP contribution in [0.2, 0.25) is 0 Å². The fourth-order valence-corrected chi connectivity index (χ4v) is 10.4. The SMILES string of the molecule is C/C=C\C=C(/N)c1ccc2c(c1)OC1C=CC(c3ccc4c5ccccc5n(C5=CCCCC5)c4c3)=CC1C21C2=CCCC=C2OC2CC(C)C=CC21. The van der Waals surface area contributed by atoms with Gasteiger partial charge >= 0.3 is 0 Å². The molecule has 1 aromatic heterocycles. The maximum atomic E-state index is 7.08. The first-order chi connectivity index (χ1) is 26.0. The first-order valence-corrected chi connectivity index (χ1v) is 19.8. The van der Waals surface area contributed by atoms with Gasteiger partial charge < -0.3 is 19.8 Å². The lowest BCUT2D eigenvalue weighted by molar-refractivity contribution is -0.0263. The molecule has 0 amide bonds. The second-order valence-electron chi connectivity index (χ2n) is 15.9. The van der Waals surface area contributed by atoms with E-state index in [1.165, 1.54) is 62.6 Å². The minimum atomic E-state index is -0.369. The first kappa shape index (κ1) is 32.4. The molecule has 6 unspecified atom stereocenters. The van der Waals surface area contributed by atoms with Gasteiger partial charge in [-0.1, -0.05) is 98.0 Å². The molecule has 10 rings (SSSR count). The molecule has 4 heteroatoms. The van der Waals surface area contributed by atoms with E-state index >= 15 is 0 Å². The number of nitrogens with zero attached hydrogens (tertiary/aromatic N) is 1. The Hall–Kier alpha value is -5.22. The molecule has 0 radical (unpaired) electrons. The molecule has 3 heterocycles. The summed E-state index contributed by atoms with van der Waals surface area (Å²) in [6.45, 7) is 4.33. The van der Waals surface area contributed by atoms with E-state index in [-0.39, 0.29) is 29.5 Å². The Kier molecular flexibility index (Phi) is 7.79. The van der Waals surface area contributed by atoms with Crippen LogP contribution in [0.3, 0.4) is 0 Å². The third kappa shape index (κ3) is 5.01. The molecule has 1 saturated heterocycles. The van der Waals surface area contributed by atoms with Crippen molar-refractivity contribution in [1.29, 1.82) is 0 Å². The number of para-hydroxylation sites is 1. The fraction of sp³-hybridized carbons (Fsp3) is 0.306. The Morgan fingerprint density at radius 2 is 1.75 bits per heavy atom. The highest BCUT2D eigenvalue weighted by atomic mass is 16.5. The van der Waals surface area contributed by atoms with Crippen molar-refractivity contribution in [2.45, 2.75) is 76.4 Å². The van der Waals surface area contributed by atoms with Gasteiger partial charge in [0.15, 0.2) is 0 Å². The van der Waals surface area contributed by atoms with Crippen LogP contribution in [0.15, 0.2) is 139 Å². The van der Waals surface area contributed by atoms with Crippen LogP contribution in [-0.2, 0) is 10.2 Å². The lowest BCUT2D eigenvalue weighted by atomic mass is 9.50. The first-order valence-electron chi connectivity index (χ1n) is 19.8. The number of fused-ring (bicyclic) bond motifs is 11. The van der Waals surface area contributed by atoms with E-state index in [9.17, 15) is 0 Å². The summed E-state index contributed by atoms with van der Waals surface area (Å²) in [6, 6.07) is 22.7. The summed E-state index contributed by atoms with van der Waals surface area (Å²) in [4.78, 5) is 0. The highest BCUT2D eigenvalue weighted by molar-refractivity contribution is 6.10. The van der Waals surface area contributed by atoms with Crippen molar-refractivity contribution in [3.63, 3.8) is 0 Å². The summed E-state index contributed by atoms with van der Waals surface area (Å²) < 4.78 is 16.6. The van der Waals surface area contributed by atoms with Gasteiger partial charge in [0.2, 0.25) is 0 Å². The Bertz CT molecular complexity index is 2410. The summed E-state index contributed by atoms with van der Waals surface area (Å²) in [7, 11) is 0. The normalized spacial score (nSPS) is 29.0. The van der Waals surface area contributed by atoms with Gasteiger partial charge in [-0.3, -0.25) is 0 Å². The smallest absolute Gasteiger partial charge is 0.125 e. The molecule has 4 nitrogen and oxygen atoms in total. The van der Waals surface area contributed by atoms with E-state index in [1.54, 1.807) is 0 Å². The molecule has 3 aromatic carbocycles. The van der Waals surface area contributed by atoms with Gasteiger partial charge in [-0.25, -0.2) is 0 Å². The summed E-state index contributed by atoms with van der Waals surface area (Å²) in [6.07, 6.45) is 33.1. The van der Waals surface area contributed by atoms with Crippen molar-refractivity contribution in [1.82, 2.24) is 4.57 Å². The Labute approximate surface area is 313 Å². The fourth-order valence-electron chi connectivity index (χ4n) is 10.4. The van der Waals surface area contributed by atoms with Gasteiger partial charge in [-0.05, 0) is 105 Å². The minimum Gasteiger partial charge on any atom is -0.490 e. The van der Waals surface area contributed by atoms with Crippen molar-refractivity contribution in [3.8, 4) is 5.75 Å². The Morgan fingerprint density at radius 3 is 2.64 bits per heavy atom. The van der Waals surface area contributed by atoms with Gasteiger partial charge in [0, 0.05) is 56.1 Å². The largest absolute Gasteiger partial charge is 0.490 e. The minimum absolute atomic E-state index is 0.0570. The van der Waals surface area contributed by atoms with Crippen molar-refractivity contribution in [2.75, 3.05) is 0 Å². The van der Waals surface area contributed by atoms with Crippen molar-refractivity contribution < 1.29 is 9.47 Å². The number of hydrogen-bond acceptors (Lipinski definition) is 3. The second-order valence-corrected chi connectivity index (χ2v) is 15.9. The zero-order chi connectivity index (χ0) is 35.7. The summed E-state index contributed by atoms with van der Waals surface area (Å²) in [5.74, 6) is 2.67. The lowest BCUT2D eigenvalue weighted by Crippen LogP contribution is -2.59. The molecule has 1 spiro atoms. The highest BCUT2D eigenvalue weighted by Crippen LogP contribution is 2.63. The topological polar surface area (TPSA) is 49.4 Å². The molecular weight excluding hydrogens is 649 g/mol.